The zero-order valence-electron chi connectivity index (χ0n) is 10.7. The van der Waals surface area contributed by atoms with Crippen LogP contribution in [0.5, 0.6) is 0 Å². The van der Waals surface area contributed by atoms with Crippen molar-refractivity contribution in [3.63, 3.8) is 0 Å². The van der Waals surface area contributed by atoms with Crippen LogP contribution in [0.1, 0.15) is 32.6 Å². The van der Waals surface area contributed by atoms with E-state index in [4.69, 9.17) is 5.26 Å². The van der Waals surface area contributed by atoms with Gasteiger partial charge in [-0.05, 0) is 33.9 Å². The van der Waals surface area contributed by atoms with E-state index in [2.05, 4.69) is 9.62 Å². The number of nitriles is 1. The van der Waals surface area contributed by atoms with Crippen LogP contribution in [0.2, 0.25) is 0 Å². The molecule has 0 spiro atoms. The molecule has 0 radical (unpaired) electrons. The van der Waals surface area contributed by atoms with Gasteiger partial charge in [0.2, 0.25) is 10.0 Å². The summed E-state index contributed by atoms with van der Waals surface area (Å²) >= 11 is 0. The lowest BCUT2D eigenvalue weighted by Crippen LogP contribution is -2.51. The van der Waals surface area contributed by atoms with Gasteiger partial charge >= 0.3 is 0 Å². The molecular weight excluding hydrogens is 238 g/mol. The third-order valence-corrected chi connectivity index (χ3v) is 5.32. The van der Waals surface area contributed by atoms with E-state index in [1.807, 2.05) is 14.1 Å². The molecule has 5 nitrogen and oxygen atoms in total. The maximum absolute atomic E-state index is 11.7. The highest BCUT2D eigenvalue weighted by Gasteiger charge is 2.37. The summed E-state index contributed by atoms with van der Waals surface area (Å²) in [5.74, 6) is 0. The van der Waals surface area contributed by atoms with E-state index in [-0.39, 0.29) is 5.54 Å². The first-order chi connectivity index (χ1) is 7.84. The Labute approximate surface area is 104 Å². The fourth-order valence-corrected chi connectivity index (χ4v) is 3.10. The zero-order chi connectivity index (χ0) is 13.1. The number of rotatable bonds is 5. The zero-order valence-corrected chi connectivity index (χ0v) is 11.5. The predicted octanol–water partition coefficient (Wildman–Crippen LogP) is 0.692. The van der Waals surface area contributed by atoms with Gasteiger partial charge < -0.3 is 4.90 Å². The molecule has 0 aromatic carbocycles. The lowest BCUT2D eigenvalue weighted by Gasteiger charge is -2.36. The van der Waals surface area contributed by atoms with Crippen molar-refractivity contribution in [3.05, 3.63) is 0 Å². The van der Waals surface area contributed by atoms with Crippen LogP contribution in [-0.2, 0) is 10.0 Å². The molecule has 17 heavy (non-hydrogen) atoms. The summed E-state index contributed by atoms with van der Waals surface area (Å²) < 4.78 is 26.0. The van der Waals surface area contributed by atoms with E-state index in [0.717, 1.165) is 25.7 Å². The predicted molar refractivity (Wildman–Crippen MR) is 66.9 cm³/mol. The van der Waals surface area contributed by atoms with Gasteiger partial charge in [0.25, 0.3) is 0 Å². The maximum Gasteiger partial charge on any atom is 0.227 e. The van der Waals surface area contributed by atoms with Gasteiger partial charge in [0, 0.05) is 12.1 Å². The van der Waals surface area contributed by atoms with Gasteiger partial charge in [-0.25, -0.2) is 13.1 Å². The second kappa shape index (κ2) is 5.34. The number of likely N-dealkylation sites (N-methyl/N-ethyl adjacent to an activating group) is 1. The van der Waals surface area contributed by atoms with Gasteiger partial charge in [0.05, 0.1) is 6.07 Å². The first-order valence-electron chi connectivity index (χ1n) is 5.90. The van der Waals surface area contributed by atoms with Gasteiger partial charge in [-0.3, -0.25) is 0 Å². The average Bonchev–Trinajstić information content (AvgIpc) is 2.75. The van der Waals surface area contributed by atoms with Crippen LogP contribution in [0.4, 0.5) is 0 Å². The Kier molecular flexibility index (Phi) is 4.53. The number of hydrogen-bond donors (Lipinski definition) is 1. The van der Waals surface area contributed by atoms with Crippen LogP contribution in [0.15, 0.2) is 0 Å². The monoisotopic (exact) mass is 259 g/mol. The van der Waals surface area contributed by atoms with Crippen LogP contribution in [0.3, 0.4) is 0 Å². The molecule has 0 heterocycles. The van der Waals surface area contributed by atoms with E-state index >= 15 is 0 Å². The summed E-state index contributed by atoms with van der Waals surface area (Å²) in [4.78, 5) is 2.10. The minimum Gasteiger partial charge on any atom is -0.302 e. The molecule has 1 N–H and O–H groups in total. The van der Waals surface area contributed by atoms with Crippen LogP contribution < -0.4 is 4.72 Å². The van der Waals surface area contributed by atoms with Gasteiger partial charge in [-0.2, -0.15) is 5.26 Å². The SMILES string of the molecule is CC(C#N)S(=O)(=O)NCC1(N(C)C)CCCC1. The van der Waals surface area contributed by atoms with Crippen LogP contribution in [-0.4, -0.2) is 44.7 Å². The third kappa shape index (κ3) is 3.18. The van der Waals surface area contributed by atoms with Crippen molar-refractivity contribution in [1.82, 2.24) is 9.62 Å². The molecule has 1 aliphatic rings. The van der Waals surface area contributed by atoms with Crippen molar-refractivity contribution in [3.8, 4) is 6.07 Å². The highest BCUT2D eigenvalue weighted by atomic mass is 32.2. The molecule has 1 atom stereocenters. The standard InChI is InChI=1S/C11H21N3O2S/c1-10(8-12)17(15,16)13-9-11(14(2)3)6-4-5-7-11/h10,13H,4-7,9H2,1-3H3. The van der Waals surface area contributed by atoms with Gasteiger partial charge in [0.15, 0.2) is 5.25 Å². The summed E-state index contributed by atoms with van der Waals surface area (Å²) in [7, 11) is 0.452. The second-order valence-electron chi connectivity index (χ2n) is 4.96. The largest absolute Gasteiger partial charge is 0.302 e. The molecule has 0 amide bonds. The number of nitrogens with one attached hydrogen (secondary N) is 1. The van der Waals surface area contributed by atoms with E-state index in [0.29, 0.717) is 6.54 Å². The molecule has 1 unspecified atom stereocenters. The molecule has 0 bridgehead atoms. The molecule has 6 heteroatoms. The average molecular weight is 259 g/mol. The molecule has 0 aromatic rings. The first-order valence-corrected chi connectivity index (χ1v) is 7.44. The van der Waals surface area contributed by atoms with Crippen molar-refractivity contribution in [2.45, 2.75) is 43.4 Å². The molecule has 0 aliphatic heterocycles. The van der Waals surface area contributed by atoms with E-state index in [1.54, 1.807) is 6.07 Å². The highest BCUT2D eigenvalue weighted by molar-refractivity contribution is 7.90. The van der Waals surface area contributed by atoms with Crippen molar-refractivity contribution >= 4 is 10.0 Å². The topological polar surface area (TPSA) is 73.2 Å². The fourth-order valence-electron chi connectivity index (χ4n) is 2.24. The van der Waals surface area contributed by atoms with E-state index in [1.165, 1.54) is 6.92 Å². The Hall–Kier alpha value is -0.640. The normalized spacial score (nSPS) is 21.4. The van der Waals surface area contributed by atoms with Gasteiger partial charge in [-0.15, -0.1) is 0 Å². The van der Waals surface area contributed by atoms with Crippen LogP contribution >= 0.6 is 0 Å². The number of hydrogen-bond acceptors (Lipinski definition) is 4. The molecule has 1 fully saturated rings. The number of nitrogens with zero attached hydrogens (tertiary/aromatic N) is 2. The summed E-state index contributed by atoms with van der Waals surface area (Å²) in [6, 6.07) is 1.76. The quantitative estimate of drug-likeness (QED) is 0.788. The van der Waals surface area contributed by atoms with Crippen molar-refractivity contribution in [1.29, 1.82) is 5.26 Å². The minimum absolute atomic E-state index is 0.0811. The van der Waals surface area contributed by atoms with Crippen molar-refractivity contribution in [2.24, 2.45) is 0 Å². The molecule has 1 saturated carbocycles. The second-order valence-corrected chi connectivity index (χ2v) is 7.05. The molecule has 98 valence electrons. The van der Waals surface area contributed by atoms with Crippen LogP contribution in [0, 0.1) is 11.3 Å². The Balaban J connectivity index is 2.69. The minimum atomic E-state index is -3.51. The third-order valence-electron chi connectivity index (χ3n) is 3.73. The highest BCUT2D eigenvalue weighted by Crippen LogP contribution is 2.33. The molecular formula is C11H21N3O2S. The van der Waals surface area contributed by atoms with Crippen molar-refractivity contribution in [2.75, 3.05) is 20.6 Å². The number of sulfonamides is 1. The van der Waals surface area contributed by atoms with E-state index in [9.17, 15) is 8.42 Å². The first kappa shape index (κ1) is 14.4. The molecule has 1 aliphatic carbocycles. The maximum atomic E-state index is 11.7. The van der Waals surface area contributed by atoms with E-state index < -0.39 is 15.3 Å². The summed E-state index contributed by atoms with van der Waals surface area (Å²) in [5, 5.41) is 7.66. The Morgan fingerprint density at radius 1 is 1.41 bits per heavy atom. The fraction of sp³-hybridized carbons (Fsp3) is 0.909. The molecule has 0 saturated heterocycles. The Morgan fingerprint density at radius 3 is 2.35 bits per heavy atom. The lowest BCUT2D eigenvalue weighted by atomic mass is 9.97. The smallest absolute Gasteiger partial charge is 0.227 e. The Morgan fingerprint density at radius 2 is 1.94 bits per heavy atom. The van der Waals surface area contributed by atoms with Crippen molar-refractivity contribution < 1.29 is 8.42 Å². The lowest BCUT2D eigenvalue weighted by molar-refractivity contribution is 0.162. The summed E-state index contributed by atoms with van der Waals surface area (Å²) in [5.41, 5.74) is -0.0811. The molecule has 1 rings (SSSR count). The summed E-state index contributed by atoms with van der Waals surface area (Å²) in [6.07, 6.45) is 4.27. The van der Waals surface area contributed by atoms with Gasteiger partial charge in [0.1, 0.15) is 0 Å². The van der Waals surface area contributed by atoms with Crippen LogP contribution in [0.25, 0.3) is 0 Å². The summed E-state index contributed by atoms with van der Waals surface area (Å²) in [6.45, 7) is 1.80. The van der Waals surface area contributed by atoms with Gasteiger partial charge in [-0.1, -0.05) is 12.8 Å². The molecule has 0 aromatic heterocycles. The Bertz CT molecular complexity index is 391.